The van der Waals surface area contributed by atoms with Gasteiger partial charge in [0, 0.05) is 0 Å². The zero-order valence-electron chi connectivity index (χ0n) is 6.00. The van der Waals surface area contributed by atoms with Crippen LogP contribution in [0.1, 0.15) is 20.8 Å². The van der Waals surface area contributed by atoms with Crippen molar-refractivity contribution in [2.75, 3.05) is 0 Å². The maximum Gasteiger partial charge on any atom is 0.108 e. The van der Waals surface area contributed by atoms with Crippen LogP contribution in [0.3, 0.4) is 0 Å². The number of rotatable bonds is 2. The van der Waals surface area contributed by atoms with Crippen molar-refractivity contribution in [2.24, 2.45) is 0 Å². The van der Waals surface area contributed by atoms with Gasteiger partial charge in [0.25, 0.3) is 0 Å². The van der Waals surface area contributed by atoms with Crippen molar-refractivity contribution in [2.45, 2.75) is 38.6 Å². The molecule has 0 bridgehead atoms. The van der Waals surface area contributed by atoms with Gasteiger partial charge in [-0.05, 0) is 20.8 Å². The van der Waals surface area contributed by atoms with Crippen molar-refractivity contribution in [3.05, 3.63) is 0 Å². The van der Waals surface area contributed by atoms with Crippen LogP contribution in [0.25, 0.3) is 0 Å². The van der Waals surface area contributed by atoms with E-state index in [2.05, 4.69) is 0 Å². The van der Waals surface area contributed by atoms with E-state index < -0.39 is 17.8 Å². The van der Waals surface area contributed by atoms with Crippen molar-refractivity contribution < 1.29 is 15.3 Å². The molecule has 0 aromatic rings. The van der Waals surface area contributed by atoms with E-state index in [0.29, 0.717) is 0 Å². The highest BCUT2D eigenvalue weighted by molar-refractivity contribution is 4.79. The van der Waals surface area contributed by atoms with Crippen LogP contribution in [0.2, 0.25) is 0 Å². The Balaban J connectivity index is 3.88. The van der Waals surface area contributed by atoms with E-state index in [1.54, 1.807) is 0 Å². The van der Waals surface area contributed by atoms with E-state index in [9.17, 15) is 0 Å². The van der Waals surface area contributed by atoms with Gasteiger partial charge in [-0.3, -0.25) is 0 Å². The van der Waals surface area contributed by atoms with Crippen molar-refractivity contribution in [1.82, 2.24) is 0 Å². The van der Waals surface area contributed by atoms with Gasteiger partial charge in [-0.15, -0.1) is 0 Å². The molecule has 0 fully saturated rings. The van der Waals surface area contributed by atoms with Crippen LogP contribution < -0.4 is 0 Å². The summed E-state index contributed by atoms with van der Waals surface area (Å²) in [7, 11) is 0. The maximum absolute atomic E-state index is 9.05. The molecule has 0 rings (SSSR count). The predicted octanol–water partition coefficient (Wildman–Crippen LogP) is -0.501. The fourth-order valence-corrected chi connectivity index (χ4v) is 0.590. The minimum absolute atomic E-state index is 0.884. The summed E-state index contributed by atoms with van der Waals surface area (Å²) < 4.78 is 0. The lowest BCUT2D eigenvalue weighted by Crippen LogP contribution is -2.43. The first-order valence-corrected chi connectivity index (χ1v) is 2.94. The zero-order valence-corrected chi connectivity index (χ0v) is 6.00. The second kappa shape index (κ2) is 2.64. The summed E-state index contributed by atoms with van der Waals surface area (Å²) in [6.45, 7) is 4.33. The Labute approximate surface area is 54.9 Å². The third-order valence-corrected chi connectivity index (χ3v) is 1.18. The Bertz CT molecular complexity index is 82.8. The predicted molar refractivity (Wildman–Crippen MR) is 34.0 cm³/mol. The molecule has 3 N–H and O–H groups in total. The summed E-state index contributed by atoms with van der Waals surface area (Å²) in [5.74, 6) is 0. The number of hydrogen-bond acceptors (Lipinski definition) is 3. The summed E-state index contributed by atoms with van der Waals surface area (Å²) in [6.07, 6.45) is -1.96. The summed E-state index contributed by atoms with van der Waals surface area (Å²) in [6, 6.07) is 0. The van der Waals surface area contributed by atoms with Gasteiger partial charge in [0.1, 0.15) is 6.10 Å². The van der Waals surface area contributed by atoms with E-state index in [-0.39, 0.29) is 0 Å². The molecule has 2 atom stereocenters. The highest BCUT2D eigenvalue weighted by Crippen LogP contribution is 2.10. The fraction of sp³-hybridized carbons (Fsp3) is 1.00. The zero-order chi connectivity index (χ0) is 7.65. The van der Waals surface area contributed by atoms with E-state index in [4.69, 9.17) is 15.3 Å². The minimum Gasteiger partial charge on any atom is -0.391 e. The van der Waals surface area contributed by atoms with E-state index >= 15 is 0 Å². The normalized spacial score (nSPS) is 19.3. The molecule has 0 aliphatic rings. The van der Waals surface area contributed by atoms with Crippen LogP contribution in [0, 0.1) is 0 Å². The molecule has 3 nitrogen and oxygen atoms in total. The molecule has 0 aromatic carbocycles. The standard InChI is InChI=1S/C6H14O3/c1-4(7)5(8)6(2,3)9/h4-5,7-9H,1-3H3/t4-,5+/m0/s1. The Hall–Kier alpha value is -0.120. The van der Waals surface area contributed by atoms with E-state index in [1.807, 2.05) is 0 Å². The molecule has 0 aromatic heterocycles. The molecule has 0 radical (unpaired) electrons. The highest BCUT2D eigenvalue weighted by atomic mass is 16.4. The van der Waals surface area contributed by atoms with Crippen LogP contribution in [-0.2, 0) is 0 Å². The molecule has 0 aliphatic carbocycles. The lowest BCUT2D eigenvalue weighted by molar-refractivity contribution is -0.0997. The van der Waals surface area contributed by atoms with Crippen molar-refractivity contribution in [3.63, 3.8) is 0 Å². The molecule has 9 heavy (non-hydrogen) atoms. The van der Waals surface area contributed by atoms with Gasteiger partial charge in [0.2, 0.25) is 0 Å². The van der Waals surface area contributed by atoms with Gasteiger partial charge >= 0.3 is 0 Å². The molecule has 0 saturated heterocycles. The molecular weight excluding hydrogens is 120 g/mol. The topological polar surface area (TPSA) is 60.7 Å². The number of hydrogen-bond donors (Lipinski definition) is 3. The summed E-state index contributed by atoms with van der Waals surface area (Å²) in [5.41, 5.74) is -1.21. The number of aliphatic hydroxyl groups is 3. The third kappa shape index (κ3) is 2.79. The first-order valence-electron chi connectivity index (χ1n) is 2.94. The second-order valence-electron chi connectivity index (χ2n) is 2.84. The van der Waals surface area contributed by atoms with E-state index in [0.717, 1.165) is 0 Å². The molecule has 0 saturated carbocycles. The lowest BCUT2D eigenvalue weighted by Gasteiger charge is -2.26. The molecule has 0 heterocycles. The Morgan fingerprint density at radius 2 is 1.56 bits per heavy atom. The Morgan fingerprint density at radius 1 is 1.22 bits per heavy atom. The lowest BCUT2D eigenvalue weighted by atomic mass is 9.98. The van der Waals surface area contributed by atoms with Gasteiger partial charge in [-0.25, -0.2) is 0 Å². The van der Waals surface area contributed by atoms with Crippen LogP contribution >= 0.6 is 0 Å². The van der Waals surface area contributed by atoms with Gasteiger partial charge in [0.05, 0.1) is 11.7 Å². The van der Waals surface area contributed by atoms with Crippen LogP contribution in [0.15, 0.2) is 0 Å². The number of aliphatic hydroxyl groups excluding tert-OH is 2. The van der Waals surface area contributed by atoms with Gasteiger partial charge < -0.3 is 15.3 Å². The fourth-order valence-electron chi connectivity index (χ4n) is 0.590. The quantitative estimate of drug-likeness (QED) is 0.477. The summed E-state index contributed by atoms with van der Waals surface area (Å²) >= 11 is 0. The Morgan fingerprint density at radius 3 is 1.56 bits per heavy atom. The van der Waals surface area contributed by atoms with E-state index in [1.165, 1.54) is 20.8 Å². The molecule has 0 unspecified atom stereocenters. The van der Waals surface area contributed by atoms with Gasteiger partial charge in [-0.2, -0.15) is 0 Å². The molecule has 3 heteroatoms. The van der Waals surface area contributed by atoms with Crippen LogP contribution in [0.5, 0.6) is 0 Å². The second-order valence-corrected chi connectivity index (χ2v) is 2.84. The molecule has 0 aliphatic heterocycles. The van der Waals surface area contributed by atoms with Gasteiger partial charge in [-0.1, -0.05) is 0 Å². The van der Waals surface area contributed by atoms with Crippen LogP contribution in [-0.4, -0.2) is 33.1 Å². The van der Waals surface area contributed by atoms with Crippen molar-refractivity contribution in [1.29, 1.82) is 0 Å². The first kappa shape index (κ1) is 8.88. The average Bonchev–Trinajstić information content (AvgIpc) is 1.62. The largest absolute Gasteiger partial charge is 0.391 e. The van der Waals surface area contributed by atoms with Crippen molar-refractivity contribution in [3.8, 4) is 0 Å². The molecule has 0 amide bonds. The third-order valence-electron chi connectivity index (χ3n) is 1.18. The highest BCUT2D eigenvalue weighted by Gasteiger charge is 2.28. The van der Waals surface area contributed by atoms with Crippen LogP contribution in [0.4, 0.5) is 0 Å². The molecular formula is C6H14O3. The Kier molecular flexibility index (Phi) is 2.61. The van der Waals surface area contributed by atoms with Gasteiger partial charge in [0.15, 0.2) is 0 Å². The monoisotopic (exact) mass is 134 g/mol. The molecule has 56 valence electrons. The first-order chi connectivity index (χ1) is 3.85. The maximum atomic E-state index is 9.05. The summed E-state index contributed by atoms with van der Waals surface area (Å²) in [5, 5.41) is 26.8. The summed E-state index contributed by atoms with van der Waals surface area (Å²) in [4.78, 5) is 0. The minimum atomic E-state index is -1.21. The van der Waals surface area contributed by atoms with Crippen molar-refractivity contribution >= 4 is 0 Å². The average molecular weight is 134 g/mol. The molecule has 0 spiro atoms. The smallest absolute Gasteiger partial charge is 0.108 e. The SMILES string of the molecule is C[C@H](O)[C@@H](O)C(C)(C)O.